The molecule has 1 saturated heterocycles. The average Bonchev–Trinajstić information content (AvgIpc) is 3.24. The minimum Gasteiger partial charge on any atom is -0.340 e. The fourth-order valence-electron chi connectivity index (χ4n) is 3.92. The highest BCUT2D eigenvalue weighted by atomic mass is 19.4. The van der Waals surface area contributed by atoms with Gasteiger partial charge >= 0.3 is 12.2 Å². The van der Waals surface area contributed by atoms with Crippen LogP contribution >= 0.6 is 0 Å². The Labute approximate surface area is 206 Å². The summed E-state index contributed by atoms with van der Waals surface area (Å²) in [6.45, 7) is 3.66. The van der Waals surface area contributed by atoms with Crippen molar-refractivity contribution in [2.45, 2.75) is 32.5 Å². The van der Waals surface area contributed by atoms with Gasteiger partial charge in [0.15, 0.2) is 17.3 Å². The Kier molecular flexibility index (Phi) is 6.84. The van der Waals surface area contributed by atoms with Gasteiger partial charge in [-0.05, 0) is 24.5 Å². The molecule has 3 aromatic rings. The van der Waals surface area contributed by atoms with Gasteiger partial charge in [-0.15, -0.1) is 0 Å². The Bertz CT molecular complexity index is 1440. The molecule has 1 fully saturated rings. The van der Waals surface area contributed by atoms with Crippen LogP contribution < -0.4 is 21.0 Å². The fraction of sp³-hybridized carbons (Fsp3) is 0.348. The maximum Gasteiger partial charge on any atom is 0.408 e. The maximum atomic E-state index is 14.7. The molecule has 0 unspecified atom stereocenters. The molecular formula is C23H21F5N6O3. The fourth-order valence-corrected chi connectivity index (χ4v) is 3.92. The Hall–Kier alpha value is -4.10. The van der Waals surface area contributed by atoms with E-state index in [0.717, 1.165) is 10.8 Å². The number of alkyl halides is 3. The van der Waals surface area contributed by atoms with Crippen LogP contribution in [-0.2, 0) is 0 Å². The van der Waals surface area contributed by atoms with Gasteiger partial charge in [0.25, 0.3) is 5.91 Å². The van der Waals surface area contributed by atoms with Gasteiger partial charge in [0.2, 0.25) is 5.43 Å². The number of hydrogen-bond donors (Lipinski definition) is 2. The predicted molar refractivity (Wildman–Crippen MR) is 123 cm³/mol. The SMILES string of the molecule is CC(C)C[C@@H](NC(=O)c1cn(-c2ncc(F)cc2F)c2nc(N3CCNC3=O)ccc2c1=O)C(F)(F)F. The zero-order valence-corrected chi connectivity index (χ0v) is 19.6. The quantitative estimate of drug-likeness (QED) is 0.481. The van der Waals surface area contributed by atoms with Crippen LogP contribution in [0.1, 0.15) is 30.6 Å². The largest absolute Gasteiger partial charge is 0.408 e. The standard InChI is InChI=1S/C23H21F5N6O3/c1-11(2)7-16(23(26,27)28)31-21(36)14-10-34(20-15(25)8-12(24)9-30-20)19-13(18(14)35)3-4-17(32-19)33-6-5-29-22(33)37/h3-4,8-11,16H,5-7H2,1-2H3,(H,29,37)(H,31,36)/t16-/m1/s1. The number of aromatic nitrogens is 3. The molecule has 14 heteroatoms. The van der Waals surface area contributed by atoms with Crippen LogP contribution in [0.15, 0.2) is 35.4 Å². The molecule has 0 aromatic carbocycles. The summed E-state index contributed by atoms with van der Waals surface area (Å²) in [5.41, 5.74) is -1.95. The van der Waals surface area contributed by atoms with Gasteiger partial charge in [-0.1, -0.05) is 13.8 Å². The number of nitrogens with zero attached hydrogens (tertiary/aromatic N) is 4. The van der Waals surface area contributed by atoms with Crippen LogP contribution in [0.4, 0.5) is 32.6 Å². The molecule has 0 bridgehead atoms. The van der Waals surface area contributed by atoms with Crippen molar-refractivity contribution in [3.8, 4) is 5.82 Å². The maximum absolute atomic E-state index is 14.7. The highest BCUT2D eigenvalue weighted by Crippen LogP contribution is 2.26. The van der Waals surface area contributed by atoms with Gasteiger partial charge in [0.1, 0.15) is 23.2 Å². The molecule has 37 heavy (non-hydrogen) atoms. The summed E-state index contributed by atoms with van der Waals surface area (Å²) >= 11 is 0. The number of halogens is 5. The van der Waals surface area contributed by atoms with Crippen LogP contribution in [0.2, 0.25) is 0 Å². The average molecular weight is 524 g/mol. The molecule has 0 saturated carbocycles. The summed E-state index contributed by atoms with van der Waals surface area (Å²) in [5, 5.41) is 4.16. The lowest BCUT2D eigenvalue weighted by Crippen LogP contribution is -2.47. The number of urea groups is 1. The summed E-state index contributed by atoms with van der Waals surface area (Å²) in [5.74, 6) is -4.43. The molecule has 196 valence electrons. The summed E-state index contributed by atoms with van der Waals surface area (Å²) in [7, 11) is 0. The molecule has 4 rings (SSSR count). The van der Waals surface area contributed by atoms with Crippen molar-refractivity contribution in [3.63, 3.8) is 0 Å². The zero-order chi connectivity index (χ0) is 27.1. The number of anilines is 1. The first-order chi connectivity index (χ1) is 17.4. The van der Waals surface area contributed by atoms with Crippen LogP contribution in [0.5, 0.6) is 0 Å². The van der Waals surface area contributed by atoms with Crippen molar-refractivity contribution in [2.75, 3.05) is 18.0 Å². The van der Waals surface area contributed by atoms with E-state index in [0.29, 0.717) is 18.8 Å². The third-order valence-corrected chi connectivity index (χ3v) is 5.64. The van der Waals surface area contributed by atoms with Crippen molar-refractivity contribution in [1.29, 1.82) is 0 Å². The minimum atomic E-state index is -4.78. The van der Waals surface area contributed by atoms with E-state index in [1.807, 2.05) is 5.32 Å². The molecule has 0 spiro atoms. The van der Waals surface area contributed by atoms with Crippen LogP contribution in [0.3, 0.4) is 0 Å². The number of pyridine rings is 3. The highest BCUT2D eigenvalue weighted by molar-refractivity contribution is 5.98. The Balaban J connectivity index is 1.90. The molecule has 2 N–H and O–H groups in total. The first-order valence-corrected chi connectivity index (χ1v) is 11.2. The number of rotatable bonds is 6. The molecule has 3 aromatic heterocycles. The number of hydrogen-bond acceptors (Lipinski definition) is 5. The van der Waals surface area contributed by atoms with E-state index >= 15 is 0 Å². The van der Waals surface area contributed by atoms with E-state index in [9.17, 15) is 36.3 Å². The molecule has 0 radical (unpaired) electrons. The highest BCUT2D eigenvalue weighted by Gasteiger charge is 2.41. The molecule has 9 nitrogen and oxygen atoms in total. The van der Waals surface area contributed by atoms with Gasteiger partial charge in [0, 0.05) is 25.4 Å². The first kappa shape index (κ1) is 26.0. The van der Waals surface area contributed by atoms with E-state index in [2.05, 4.69) is 15.3 Å². The normalized spacial score (nSPS) is 14.8. The van der Waals surface area contributed by atoms with E-state index < -0.39 is 64.9 Å². The van der Waals surface area contributed by atoms with E-state index in [-0.39, 0.29) is 23.4 Å². The third-order valence-electron chi connectivity index (χ3n) is 5.64. The van der Waals surface area contributed by atoms with Gasteiger partial charge in [-0.2, -0.15) is 13.2 Å². The molecule has 0 aliphatic carbocycles. The monoisotopic (exact) mass is 524 g/mol. The second-order valence-electron chi connectivity index (χ2n) is 8.82. The minimum absolute atomic E-state index is 0.0874. The van der Waals surface area contributed by atoms with Crippen molar-refractivity contribution in [2.24, 2.45) is 5.92 Å². The Morgan fingerprint density at radius 2 is 1.95 bits per heavy atom. The molecule has 1 aliphatic heterocycles. The summed E-state index contributed by atoms with van der Waals surface area (Å²) in [6.07, 6.45) is -3.74. The first-order valence-electron chi connectivity index (χ1n) is 11.2. The van der Waals surface area contributed by atoms with Crippen molar-refractivity contribution in [3.05, 3.63) is 58.0 Å². The number of nitrogens with one attached hydrogen (secondary N) is 2. The molecule has 1 atom stereocenters. The Morgan fingerprint density at radius 1 is 1.22 bits per heavy atom. The topological polar surface area (TPSA) is 109 Å². The van der Waals surface area contributed by atoms with Crippen molar-refractivity contribution in [1.82, 2.24) is 25.2 Å². The van der Waals surface area contributed by atoms with Gasteiger partial charge < -0.3 is 10.6 Å². The molecular weight excluding hydrogens is 503 g/mol. The number of amides is 3. The second kappa shape index (κ2) is 9.75. The number of carbonyl (C=O) groups excluding carboxylic acids is 2. The lowest BCUT2D eigenvalue weighted by molar-refractivity contribution is -0.156. The summed E-state index contributed by atoms with van der Waals surface area (Å²) in [4.78, 5) is 47.4. The van der Waals surface area contributed by atoms with Gasteiger partial charge in [-0.25, -0.2) is 23.5 Å². The Morgan fingerprint density at radius 3 is 2.54 bits per heavy atom. The smallest absolute Gasteiger partial charge is 0.340 e. The van der Waals surface area contributed by atoms with E-state index in [4.69, 9.17) is 0 Å². The molecule has 3 amide bonds. The second-order valence-corrected chi connectivity index (χ2v) is 8.82. The number of carbonyl (C=O) groups is 2. The van der Waals surface area contributed by atoms with E-state index in [1.54, 1.807) is 13.8 Å². The van der Waals surface area contributed by atoms with Crippen LogP contribution in [0, 0.1) is 17.6 Å². The third kappa shape index (κ3) is 5.22. The van der Waals surface area contributed by atoms with Crippen LogP contribution in [-0.4, -0.2) is 51.8 Å². The molecule has 4 heterocycles. The number of fused-ring (bicyclic) bond motifs is 1. The van der Waals surface area contributed by atoms with Crippen LogP contribution in [0.25, 0.3) is 16.9 Å². The summed E-state index contributed by atoms with van der Waals surface area (Å²) < 4.78 is 69.7. The van der Waals surface area contributed by atoms with Gasteiger partial charge in [-0.3, -0.25) is 19.1 Å². The predicted octanol–water partition coefficient (Wildman–Crippen LogP) is 3.30. The van der Waals surface area contributed by atoms with Gasteiger partial charge in [0.05, 0.1) is 11.6 Å². The van der Waals surface area contributed by atoms with Crippen molar-refractivity contribution < 1.29 is 31.5 Å². The lowest BCUT2D eigenvalue weighted by atomic mass is 10.0. The van der Waals surface area contributed by atoms with E-state index in [1.165, 1.54) is 17.0 Å². The summed E-state index contributed by atoms with van der Waals surface area (Å²) in [6, 6.07) is 0.332. The molecule has 1 aliphatic rings. The van der Waals surface area contributed by atoms with Crippen molar-refractivity contribution >= 4 is 28.8 Å². The lowest BCUT2D eigenvalue weighted by Gasteiger charge is -2.23. The zero-order valence-electron chi connectivity index (χ0n) is 19.6.